The van der Waals surface area contributed by atoms with E-state index in [4.69, 9.17) is 4.74 Å². The number of rotatable bonds is 4. The van der Waals surface area contributed by atoms with Crippen LogP contribution in [-0.2, 0) is 4.79 Å². The summed E-state index contributed by atoms with van der Waals surface area (Å²) < 4.78 is 6.25. The Morgan fingerprint density at radius 2 is 2.16 bits per heavy atom. The van der Waals surface area contributed by atoms with Crippen LogP contribution in [0.1, 0.15) is 10.6 Å². The maximum atomic E-state index is 11.7. The Morgan fingerprint density at radius 1 is 1.42 bits per heavy atom. The van der Waals surface area contributed by atoms with Gasteiger partial charge >= 0.3 is 0 Å². The molecule has 0 saturated heterocycles. The van der Waals surface area contributed by atoms with Crippen molar-refractivity contribution in [2.75, 3.05) is 11.9 Å². The van der Waals surface area contributed by atoms with Crippen molar-refractivity contribution in [2.45, 2.75) is 13.8 Å². The minimum Gasteiger partial charge on any atom is -0.483 e. The molecule has 2 aromatic rings. The topological polar surface area (TPSA) is 51.2 Å². The number of carbonyl (C=O) groups is 1. The molecule has 1 N–H and O–H groups in total. The molecule has 0 aliphatic heterocycles. The van der Waals surface area contributed by atoms with Gasteiger partial charge in [0, 0.05) is 4.88 Å². The number of benzene rings is 1. The first kappa shape index (κ1) is 14.0. The Hall–Kier alpha value is -1.40. The van der Waals surface area contributed by atoms with Crippen LogP contribution in [0, 0.1) is 13.8 Å². The van der Waals surface area contributed by atoms with Crippen LogP contribution in [0.2, 0.25) is 0 Å². The lowest BCUT2D eigenvalue weighted by molar-refractivity contribution is -0.118. The summed E-state index contributed by atoms with van der Waals surface area (Å²) in [6.07, 6.45) is 0. The predicted molar refractivity (Wildman–Crippen MR) is 79.9 cm³/mol. The van der Waals surface area contributed by atoms with E-state index < -0.39 is 0 Å². The van der Waals surface area contributed by atoms with Crippen molar-refractivity contribution in [1.82, 2.24) is 4.98 Å². The van der Waals surface area contributed by atoms with Crippen molar-refractivity contribution in [3.63, 3.8) is 0 Å². The molecule has 1 amide bonds. The number of nitrogens with zero attached hydrogens (tertiary/aromatic N) is 1. The quantitative estimate of drug-likeness (QED) is 0.925. The molecule has 0 unspecified atom stereocenters. The minimum atomic E-state index is -0.218. The third-order valence-electron chi connectivity index (χ3n) is 2.47. The SMILES string of the molecule is Cc1nc(NC(=O)COc2ccccc2Br)sc1C. The van der Waals surface area contributed by atoms with Gasteiger partial charge in [0.05, 0.1) is 10.2 Å². The van der Waals surface area contributed by atoms with E-state index in [0.717, 1.165) is 15.0 Å². The van der Waals surface area contributed by atoms with Gasteiger partial charge in [0.25, 0.3) is 5.91 Å². The smallest absolute Gasteiger partial charge is 0.264 e. The first-order chi connectivity index (χ1) is 9.06. The Balaban J connectivity index is 1.90. The Labute approximate surface area is 124 Å². The highest BCUT2D eigenvalue weighted by atomic mass is 79.9. The molecular formula is C13H13BrN2O2S. The Kier molecular flexibility index (Phi) is 4.55. The third-order valence-corrected chi connectivity index (χ3v) is 4.11. The first-order valence-corrected chi connectivity index (χ1v) is 7.28. The van der Waals surface area contributed by atoms with Crippen LogP contribution in [0.3, 0.4) is 0 Å². The third kappa shape index (κ3) is 3.78. The standard InChI is InChI=1S/C13H13BrN2O2S/c1-8-9(2)19-13(15-8)16-12(17)7-18-11-6-4-3-5-10(11)14/h3-6H,7H2,1-2H3,(H,15,16,17). The molecule has 0 bridgehead atoms. The lowest BCUT2D eigenvalue weighted by atomic mass is 10.3. The molecule has 4 nitrogen and oxygen atoms in total. The van der Waals surface area contributed by atoms with E-state index in [1.165, 1.54) is 11.3 Å². The van der Waals surface area contributed by atoms with Gasteiger partial charge in [-0.3, -0.25) is 10.1 Å². The van der Waals surface area contributed by atoms with E-state index in [-0.39, 0.29) is 12.5 Å². The van der Waals surface area contributed by atoms with Crippen molar-refractivity contribution in [3.05, 3.63) is 39.3 Å². The van der Waals surface area contributed by atoms with Crippen molar-refractivity contribution in [1.29, 1.82) is 0 Å². The second-order valence-electron chi connectivity index (χ2n) is 3.93. The van der Waals surface area contributed by atoms with Gasteiger partial charge in [0.2, 0.25) is 0 Å². The van der Waals surface area contributed by atoms with Gasteiger partial charge in [0.15, 0.2) is 11.7 Å². The molecule has 0 atom stereocenters. The molecule has 2 rings (SSSR count). The molecule has 0 aliphatic carbocycles. The van der Waals surface area contributed by atoms with Gasteiger partial charge in [-0.25, -0.2) is 4.98 Å². The van der Waals surface area contributed by atoms with E-state index in [1.54, 1.807) is 6.07 Å². The number of carbonyl (C=O) groups excluding carboxylic acids is 1. The number of anilines is 1. The van der Waals surface area contributed by atoms with Crippen LogP contribution in [0.5, 0.6) is 5.75 Å². The average molecular weight is 341 g/mol. The second kappa shape index (κ2) is 6.16. The molecule has 0 spiro atoms. The van der Waals surface area contributed by atoms with Crippen molar-refractivity contribution >= 4 is 38.3 Å². The number of thiazole rings is 1. The summed E-state index contributed by atoms with van der Waals surface area (Å²) >= 11 is 4.82. The Bertz CT molecular complexity index is 579. The number of para-hydroxylation sites is 1. The van der Waals surface area contributed by atoms with E-state index in [1.807, 2.05) is 32.0 Å². The largest absolute Gasteiger partial charge is 0.483 e. The van der Waals surface area contributed by atoms with Gasteiger partial charge in [-0.15, -0.1) is 11.3 Å². The number of amides is 1. The van der Waals surface area contributed by atoms with Crippen LogP contribution in [0.25, 0.3) is 0 Å². The zero-order valence-electron chi connectivity index (χ0n) is 10.6. The van der Waals surface area contributed by atoms with Gasteiger partial charge in [-0.2, -0.15) is 0 Å². The molecule has 1 aromatic heterocycles. The van der Waals surface area contributed by atoms with Gasteiger partial charge in [-0.05, 0) is 41.9 Å². The summed E-state index contributed by atoms with van der Waals surface area (Å²) in [5, 5.41) is 3.33. The number of halogens is 1. The van der Waals surface area contributed by atoms with Gasteiger partial charge in [-0.1, -0.05) is 12.1 Å². The summed E-state index contributed by atoms with van der Waals surface area (Å²) in [6.45, 7) is 3.85. The average Bonchev–Trinajstić information content (AvgIpc) is 2.67. The van der Waals surface area contributed by atoms with Crippen LogP contribution in [0.15, 0.2) is 28.7 Å². The fraction of sp³-hybridized carbons (Fsp3) is 0.231. The molecule has 1 heterocycles. The van der Waals surface area contributed by atoms with Crippen LogP contribution < -0.4 is 10.1 Å². The molecule has 0 fully saturated rings. The van der Waals surface area contributed by atoms with Crippen molar-refractivity contribution in [2.24, 2.45) is 0 Å². The highest BCUT2D eigenvalue weighted by molar-refractivity contribution is 9.10. The van der Waals surface area contributed by atoms with E-state index in [0.29, 0.717) is 10.9 Å². The normalized spacial score (nSPS) is 10.3. The van der Waals surface area contributed by atoms with Crippen LogP contribution >= 0.6 is 27.3 Å². The highest BCUT2D eigenvalue weighted by Gasteiger charge is 2.09. The van der Waals surface area contributed by atoms with Crippen molar-refractivity contribution in [3.8, 4) is 5.75 Å². The first-order valence-electron chi connectivity index (χ1n) is 5.67. The molecular weight excluding hydrogens is 328 g/mol. The summed E-state index contributed by atoms with van der Waals surface area (Å²) in [4.78, 5) is 17.1. The zero-order valence-corrected chi connectivity index (χ0v) is 13.0. The lowest BCUT2D eigenvalue weighted by Crippen LogP contribution is -2.20. The Morgan fingerprint density at radius 3 is 2.79 bits per heavy atom. The molecule has 0 aliphatic rings. The van der Waals surface area contributed by atoms with Crippen LogP contribution in [-0.4, -0.2) is 17.5 Å². The minimum absolute atomic E-state index is 0.0414. The van der Waals surface area contributed by atoms with Crippen molar-refractivity contribution < 1.29 is 9.53 Å². The molecule has 19 heavy (non-hydrogen) atoms. The maximum Gasteiger partial charge on any atom is 0.264 e. The summed E-state index contributed by atoms with van der Waals surface area (Å²) in [7, 11) is 0. The molecule has 6 heteroatoms. The van der Waals surface area contributed by atoms with Gasteiger partial charge in [0.1, 0.15) is 5.75 Å². The fourth-order valence-corrected chi connectivity index (χ4v) is 2.62. The lowest BCUT2D eigenvalue weighted by Gasteiger charge is -2.07. The number of hydrogen-bond donors (Lipinski definition) is 1. The number of aryl methyl sites for hydroxylation is 2. The predicted octanol–water partition coefficient (Wildman–Crippen LogP) is 3.54. The zero-order chi connectivity index (χ0) is 13.8. The monoisotopic (exact) mass is 340 g/mol. The highest BCUT2D eigenvalue weighted by Crippen LogP contribution is 2.24. The molecule has 100 valence electrons. The number of aromatic nitrogens is 1. The summed E-state index contributed by atoms with van der Waals surface area (Å²) in [6, 6.07) is 7.40. The van der Waals surface area contributed by atoms with E-state index >= 15 is 0 Å². The van der Waals surface area contributed by atoms with E-state index in [9.17, 15) is 4.79 Å². The molecule has 0 saturated carbocycles. The summed E-state index contributed by atoms with van der Waals surface area (Å²) in [5.41, 5.74) is 0.937. The van der Waals surface area contributed by atoms with Gasteiger partial charge < -0.3 is 4.74 Å². The second-order valence-corrected chi connectivity index (χ2v) is 5.99. The number of ether oxygens (including phenoxy) is 1. The van der Waals surface area contributed by atoms with E-state index in [2.05, 4.69) is 26.2 Å². The fourth-order valence-electron chi connectivity index (χ4n) is 1.39. The maximum absolute atomic E-state index is 11.7. The molecule has 1 aromatic carbocycles. The van der Waals surface area contributed by atoms with Crippen LogP contribution in [0.4, 0.5) is 5.13 Å². The summed E-state index contributed by atoms with van der Waals surface area (Å²) in [5.74, 6) is 0.425. The number of hydrogen-bond acceptors (Lipinski definition) is 4. The number of nitrogens with one attached hydrogen (secondary N) is 1. The molecule has 0 radical (unpaired) electrons.